The first kappa shape index (κ1) is 15.1. The highest BCUT2D eigenvalue weighted by atomic mass is 16.5. The van der Waals surface area contributed by atoms with Crippen LogP contribution >= 0.6 is 0 Å². The largest absolute Gasteiger partial charge is 0.492 e. The predicted molar refractivity (Wildman–Crippen MR) is 80.0 cm³/mol. The second-order valence-corrected chi connectivity index (χ2v) is 5.09. The number of nitrogens with one attached hydrogen (secondary N) is 1. The van der Waals surface area contributed by atoms with Crippen LogP contribution in [-0.2, 0) is 11.2 Å². The highest BCUT2D eigenvalue weighted by Crippen LogP contribution is 2.17. The number of aliphatic carboxylic acids is 1. The topological polar surface area (TPSA) is 82.6 Å². The first-order valence-electron chi connectivity index (χ1n) is 6.61. The Labute approximate surface area is 122 Å². The summed E-state index contributed by atoms with van der Waals surface area (Å²) in [7, 11) is 3.91. The Bertz CT molecular complexity index is 706. The highest BCUT2D eigenvalue weighted by molar-refractivity contribution is 5.81. The van der Waals surface area contributed by atoms with Gasteiger partial charge in [-0.1, -0.05) is 0 Å². The van der Waals surface area contributed by atoms with E-state index in [9.17, 15) is 9.59 Å². The van der Waals surface area contributed by atoms with E-state index in [2.05, 4.69) is 4.98 Å². The van der Waals surface area contributed by atoms with E-state index in [1.165, 1.54) is 6.07 Å². The Balaban J connectivity index is 2.25. The fourth-order valence-electron chi connectivity index (χ4n) is 1.98. The molecule has 0 atom stereocenters. The molecule has 112 valence electrons. The van der Waals surface area contributed by atoms with E-state index in [1.54, 1.807) is 18.2 Å². The van der Waals surface area contributed by atoms with E-state index in [4.69, 9.17) is 9.84 Å². The van der Waals surface area contributed by atoms with Gasteiger partial charge < -0.3 is 19.7 Å². The van der Waals surface area contributed by atoms with Crippen LogP contribution in [0, 0.1) is 0 Å². The normalized spacial score (nSPS) is 11.0. The van der Waals surface area contributed by atoms with Crippen LogP contribution < -0.4 is 10.2 Å². The summed E-state index contributed by atoms with van der Waals surface area (Å²) in [5, 5.41) is 9.26. The number of hydrogen-bond donors (Lipinski definition) is 2. The zero-order valence-corrected chi connectivity index (χ0v) is 12.0. The van der Waals surface area contributed by atoms with E-state index in [-0.39, 0.29) is 11.8 Å². The summed E-state index contributed by atoms with van der Waals surface area (Å²) in [5.74, 6) is -0.352. The van der Waals surface area contributed by atoms with Gasteiger partial charge in [-0.2, -0.15) is 0 Å². The minimum absolute atomic E-state index is 0.202. The maximum absolute atomic E-state index is 12.0. The van der Waals surface area contributed by atoms with Crippen molar-refractivity contribution < 1.29 is 14.6 Å². The summed E-state index contributed by atoms with van der Waals surface area (Å²) in [6.45, 7) is 1.32. The number of rotatable bonds is 6. The summed E-state index contributed by atoms with van der Waals surface area (Å²) >= 11 is 0. The van der Waals surface area contributed by atoms with Crippen molar-refractivity contribution in [2.24, 2.45) is 0 Å². The summed E-state index contributed by atoms with van der Waals surface area (Å²) in [5.41, 5.74) is 0.790. The molecular formula is C15H18N2O4. The summed E-state index contributed by atoms with van der Waals surface area (Å²) in [6, 6.07) is 6.49. The monoisotopic (exact) mass is 290 g/mol. The van der Waals surface area contributed by atoms with Crippen molar-refractivity contribution in [3.05, 3.63) is 40.2 Å². The molecule has 1 heterocycles. The van der Waals surface area contributed by atoms with Gasteiger partial charge in [0.1, 0.15) is 12.4 Å². The van der Waals surface area contributed by atoms with E-state index < -0.39 is 5.97 Å². The third-order valence-electron chi connectivity index (χ3n) is 3.01. The molecule has 2 N–H and O–H groups in total. The van der Waals surface area contributed by atoms with E-state index in [0.29, 0.717) is 29.0 Å². The molecule has 1 aromatic carbocycles. The van der Waals surface area contributed by atoms with Gasteiger partial charge in [0.2, 0.25) is 0 Å². The molecular weight excluding hydrogens is 272 g/mol. The fraction of sp³-hybridized carbons (Fsp3) is 0.333. The Morgan fingerprint density at radius 3 is 2.76 bits per heavy atom. The minimum atomic E-state index is -0.978. The minimum Gasteiger partial charge on any atom is -0.492 e. The number of ether oxygens (including phenoxy) is 1. The lowest BCUT2D eigenvalue weighted by atomic mass is 10.1. The SMILES string of the molecule is CN(C)CCOc1ccc2[nH]c(CC(=O)O)cc(=O)c2c1. The lowest BCUT2D eigenvalue weighted by Gasteiger charge is -2.11. The Morgan fingerprint density at radius 1 is 1.33 bits per heavy atom. The zero-order chi connectivity index (χ0) is 15.4. The average molecular weight is 290 g/mol. The molecule has 0 spiro atoms. The molecule has 6 heteroatoms. The first-order chi connectivity index (χ1) is 9.95. The van der Waals surface area contributed by atoms with Gasteiger partial charge in [0.25, 0.3) is 0 Å². The van der Waals surface area contributed by atoms with Gasteiger partial charge in [-0.15, -0.1) is 0 Å². The average Bonchev–Trinajstić information content (AvgIpc) is 2.38. The molecule has 1 aromatic heterocycles. The Morgan fingerprint density at radius 2 is 2.10 bits per heavy atom. The summed E-state index contributed by atoms with van der Waals surface area (Å²) < 4.78 is 5.59. The molecule has 2 aromatic rings. The van der Waals surface area contributed by atoms with Crippen LogP contribution in [0.1, 0.15) is 5.69 Å². The molecule has 21 heavy (non-hydrogen) atoms. The Hall–Kier alpha value is -2.34. The molecule has 0 amide bonds. The van der Waals surface area contributed by atoms with Crippen molar-refractivity contribution in [2.45, 2.75) is 6.42 Å². The van der Waals surface area contributed by atoms with Crippen LogP contribution in [0.25, 0.3) is 10.9 Å². The maximum atomic E-state index is 12.0. The number of carboxylic acid groups (broad SMARTS) is 1. The lowest BCUT2D eigenvalue weighted by molar-refractivity contribution is -0.136. The van der Waals surface area contributed by atoms with Gasteiger partial charge in [0, 0.05) is 29.2 Å². The van der Waals surface area contributed by atoms with Crippen molar-refractivity contribution >= 4 is 16.9 Å². The first-order valence-corrected chi connectivity index (χ1v) is 6.61. The van der Waals surface area contributed by atoms with Crippen LogP contribution in [0.15, 0.2) is 29.1 Å². The number of carbonyl (C=O) groups is 1. The molecule has 0 saturated carbocycles. The number of pyridine rings is 1. The molecule has 0 aliphatic heterocycles. The second-order valence-electron chi connectivity index (χ2n) is 5.09. The predicted octanol–water partition coefficient (Wildman–Crippen LogP) is 1.10. The quantitative estimate of drug-likeness (QED) is 0.832. The van der Waals surface area contributed by atoms with Crippen LogP contribution in [0.5, 0.6) is 5.75 Å². The van der Waals surface area contributed by atoms with Gasteiger partial charge in [0.05, 0.1) is 6.42 Å². The maximum Gasteiger partial charge on any atom is 0.309 e. The molecule has 0 aliphatic rings. The molecule has 0 unspecified atom stereocenters. The number of nitrogens with zero attached hydrogens (tertiary/aromatic N) is 1. The number of aromatic nitrogens is 1. The molecule has 0 fully saturated rings. The number of hydrogen-bond acceptors (Lipinski definition) is 4. The van der Waals surface area contributed by atoms with Crippen LogP contribution in [0.2, 0.25) is 0 Å². The van der Waals surface area contributed by atoms with Gasteiger partial charge >= 0.3 is 5.97 Å². The summed E-state index contributed by atoms with van der Waals surface area (Å²) in [6.07, 6.45) is -0.202. The van der Waals surface area contributed by atoms with Crippen molar-refractivity contribution in [3.8, 4) is 5.75 Å². The Kier molecular flexibility index (Phi) is 4.59. The molecule has 6 nitrogen and oxygen atoms in total. The number of aromatic amines is 1. The standard InChI is InChI=1S/C15H18N2O4/c1-17(2)5-6-21-11-3-4-13-12(9-11)14(18)7-10(16-13)8-15(19)20/h3-4,7,9H,5-6,8H2,1-2H3,(H,16,18)(H,19,20). The van der Waals surface area contributed by atoms with E-state index in [0.717, 1.165) is 6.54 Å². The number of likely N-dealkylation sites (N-methyl/N-ethyl adjacent to an activating group) is 1. The van der Waals surface area contributed by atoms with Crippen molar-refractivity contribution in [1.82, 2.24) is 9.88 Å². The van der Waals surface area contributed by atoms with Gasteiger partial charge in [-0.25, -0.2) is 0 Å². The molecule has 2 rings (SSSR count). The third kappa shape index (κ3) is 4.06. The molecule has 0 bridgehead atoms. The van der Waals surface area contributed by atoms with Gasteiger partial charge in [0.15, 0.2) is 5.43 Å². The number of carboxylic acids is 1. The molecule has 0 aliphatic carbocycles. The number of fused-ring (bicyclic) bond motifs is 1. The smallest absolute Gasteiger partial charge is 0.309 e. The zero-order valence-electron chi connectivity index (χ0n) is 12.0. The summed E-state index contributed by atoms with van der Waals surface area (Å²) in [4.78, 5) is 27.7. The molecule has 0 radical (unpaired) electrons. The van der Waals surface area contributed by atoms with E-state index >= 15 is 0 Å². The van der Waals surface area contributed by atoms with Gasteiger partial charge in [-0.05, 0) is 32.3 Å². The van der Waals surface area contributed by atoms with Crippen molar-refractivity contribution in [2.75, 3.05) is 27.2 Å². The third-order valence-corrected chi connectivity index (χ3v) is 3.01. The fourth-order valence-corrected chi connectivity index (χ4v) is 1.98. The van der Waals surface area contributed by atoms with Crippen molar-refractivity contribution in [1.29, 1.82) is 0 Å². The van der Waals surface area contributed by atoms with Crippen molar-refractivity contribution in [3.63, 3.8) is 0 Å². The van der Waals surface area contributed by atoms with Crippen LogP contribution in [0.4, 0.5) is 0 Å². The molecule has 0 saturated heterocycles. The lowest BCUT2D eigenvalue weighted by Crippen LogP contribution is -2.19. The van der Waals surface area contributed by atoms with Gasteiger partial charge in [-0.3, -0.25) is 9.59 Å². The number of benzene rings is 1. The highest BCUT2D eigenvalue weighted by Gasteiger charge is 2.07. The van der Waals surface area contributed by atoms with Crippen LogP contribution in [-0.4, -0.2) is 48.2 Å². The second kappa shape index (κ2) is 6.41. The van der Waals surface area contributed by atoms with E-state index in [1.807, 2.05) is 19.0 Å². The number of H-pyrrole nitrogens is 1. The van der Waals surface area contributed by atoms with Crippen LogP contribution in [0.3, 0.4) is 0 Å².